The smallest absolute Gasteiger partial charge is 0.127 e. The fourth-order valence-electron chi connectivity index (χ4n) is 5.55. The molecule has 0 radical (unpaired) electrons. The second-order valence-electron chi connectivity index (χ2n) is 8.56. The number of hydrogen-bond acceptors (Lipinski definition) is 0. The molecule has 25 heavy (non-hydrogen) atoms. The van der Waals surface area contributed by atoms with Crippen molar-refractivity contribution in [1.82, 2.24) is 0 Å². The van der Waals surface area contributed by atoms with Crippen LogP contribution in [0.15, 0.2) is 54.6 Å². The Morgan fingerprint density at radius 1 is 0.800 bits per heavy atom. The highest BCUT2D eigenvalue weighted by molar-refractivity contribution is 5.85. The van der Waals surface area contributed by atoms with Crippen molar-refractivity contribution in [2.75, 3.05) is 32.7 Å². The molecule has 0 amide bonds. The molecule has 3 aliphatic rings. The maximum absolute atomic E-state index is 2.51. The third-order valence-electron chi connectivity index (χ3n) is 6.95. The Balaban J connectivity index is 1.18. The first-order chi connectivity index (χ1) is 12.3. The van der Waals surface area contributed by atoms with Gasteiger partial charge in [0.15, 0.2) is 0 Å². The molecule has 2 bridgehead atoms. The van der Waals surface area contributed by atoms with E-state index in [2.05, 4.69) is 54.6 Å². The third kappa shape index (κ3) is 3.14. The minimum absolute atomic E-state index is 0.915. The molecule has 3 atom stereocenters. The summed E-state index contributed by atoms with van der Waals surface area (Å²) >= 11 is 0. The Bertz CT molecular complexity index is 767. The van der Waals surface area contributed by atoms with Crippen molar-refractivity contribution in [3.8, 4) is 0 Å². The normalized spacial score (nSPS) is 34.0. The molecule has 0 spiro atoms. The van der Waals surface area contributed by atoms with E-state index < -0.39 is 0 Å². The molecule has 1 saturated heterocycles. The van der Waals surface area contributed by atoms with Crippen molar-refractivity contribution < 1.29 is 9.80 Å². The SMILES string of the molecule is C1=C[C@H]2C[C@H]1C[C@H]2C[NH+]1CC[NH+](Cc2cccc3ccccc23)CC1. The largest absolute Gasteiger partial charge is 0.325 e. The predicted molar refractivity (Wildman–Crippen MR) is 103 cm³/mol. The van der Waals surface area contributed by atoms with Crippen LogP contribution in [0.25, 0.3) is 10.8 Å². The van der Waals surface area contributed by atoms with Gasteiger partial charge in [0.1, 0.15) is 32.7 Å². The minimum Gasteiger partial charge on any atom is -0.325 e. The summed E-state index contributed by atoms with van der Waals surface area (Å²) in [6, 6.07) is 15.6. The van der Waals surface area contributed by atoms with Crippen molar-refractivity contribution in [2.45, 2.75) is 19.4 Å². The van der Waals surface area contributed by atoms with E-state index in [1.807, 2.05) is 4.90 Å². The van der Waals surface area contributed by atoms with Crippen molar-refractivity contribution >= 4 is 10.8 Å². The van der Waals surface area contributed by atoms with Gasteiger partial charge in [-0.2, -0.15) is 0 Å². The Morgan fingerprint density at radius 2 is 1.60 bits per heavy atom. The topological polar surface area (TPSA) is 8.88 Å². The second kappa shape index (κ2) is 6.59. The first-order valence-electron chi connectivity index (χ1n) is 10.2. The zero-order chi connectivity index (χ0) is 16.6. The molecular formula is C23H30N2+2. The quantitative estimate of drug-likeness (QED) is 0.781. The van der Waals surface area contributed by atoms with E-state index in [9.17, 15) is 0 Å². The third-order valence-corrected chi connectivity index (χ3v) is 6.95. The van der Waals surface area contributed by atoms with E-state index in [0.717, 1.165) is 17.8 Å². The lowest BCUT2D eigenvalue weighted by Crippen LogP contribution is -3.27. The van der Waals surface area contributed by atoms with Gasteiger partial charge in [0, 0.05) is 11.5 Å². The van der Waals surface area contributed by atoms with E-state index in [1.165, 1.54) is 68.4 Å². The van der Waals surface area contributed by atoms with E-state index in [0.29, 0.717) is 0 Å². The van der Waals surface area contributed by atoms with Gasteiger partial charge < -0.3 is 9.80 Å². The van der Waals surface area contributed by atoms with Crippen LogP contribution in [-0.2, 0) is 6.54 Å². The number of piperazine rings is 1. The fourth-order valence-corrected chi connectivity index (χ4v) is 5.55. The molecule has 2 fully saturated rings. The standard InChI is InChI=1S/C23H28N2/c1-2-7-23-19(4-1)5-3-6-21(23)16-24-10-12-25(13-11-24)17-22-15-18-8-9-20(22)14-18/h1-9,18,20,22H,10-17H2/p+2/t18-,20-,22-/m0/s1. The zero-order valence-electron chi connectivity index (χ0n) is 15.1. The summed E-state index contributed by atoms with van der Waals surface area (Å²) in [5.74, 6) is 2.82. The highest BCUT2D eigenvalue weighted by Crippen LogP contribution is 2.42. The van der Waals surface area contributed by atoms with Gasteiger partial charge in [-0.1, -0.05) is 54.6 Å². The van der Waals surface area contributed by atoms with E-state index in [1.54, 1.807) is 4.90 Å². The lowest BCUT2D eigenvalue weighted by Gasteiger charge is -2.32. The van der Waals surface area contributed by atoms with Gasteiger partial charge in [-0.05, 0) is 35.4 Å². The van der Waals surface area contributed by atoms with Crippen LogP contribution in [0.5, 0.6) is 0 Å². The molecule has 1 saturated carbocycles. The van der Waals surface area contributed by atoms with Crippen LogP contribution in [0.2, 0.25) is 0 Å². The summed E-state index contributed by atoms with van der Waals surface area (Å²) in [5.41, 5.74) is 1.52. The maximum Gasteiger partial charge on any atom is 0.127 e. The number of nitrogens with one attached hydrogen (secondary N) is 2. The first-order valence-corrected chi connectivity index (χ1v) is 10.2. The number of fused-ring (bicyclic) bond motifs is 3. The zero-order valence-corrected chi connectivity index (χ0v) is 15.1. The van der Waals surface area contributed by atoms with Crippen molar-refractivity contribution in [2.24, 2.45) is 17.8 Å². The van der Waals surface area contributed by atoms with E-state index >= 15 is 0 Å². The molecule has 2 nitrogen and oxygen atoms in total. The molecule has 5 rings (SSSR count). The lowest BCUT2D eigenvalue weighted by atomic mass is 9.93. The molecule has 130 valence electrons. The van der Waals surface area contributed by atoms with Crippen LogP contribution in [0.4, 0.5) is 0 Å². The summed E-state index contributed by atoms with van der Waals surface area (Å²) in [6.45, 7) is 7.98. The van der Waals surface area contributed by atoms with Gasteiger partial charge in [-0.25, -0.2) is 0 Å². The summed E-state index contributed by atoms with van der Waals surface area (Å²) < 4.78 is 0. The molecular weight excluding hydrogens is 304 g/mol. The van der Waals surface area contributed by atoms with Crippen molar-refractivity contribution in [3.63, 3.8) is 0 Å². The van der Waals surface area contributed by atoms with Crippen molar-refractivity contribution in [1.29, 1.82) is 0 Å². The number of quaternary nitrogens is 2. The molecule has 0 unspecified atom stereocenters. The van der Waals surface area contributed by atoms with Gasteiger partial charge in [0.25, 0.3) is 0 Å². The van der Waals surface area contributed by atoms with Gasteiger partial charge >= 0.3 is 0 Å². The van der Waals surface area contributed by atoms with Gasteiger partial charge in [0.05, 0.1) is 6.54 Å². The number of allylic oxidation sites excluding steroid dienone is 2. The fraction of sp³-hybridized carbons (Fsp3) is 0.478. The highest BCUT2D eigenvalue weighted by atomic mass is 15.3. The van der Waals surface area contributed by atoms with E-state index in [4.69, 9.17) is 0 Å². The van der Waals surface area contributed by atoms with Crippen molar-refractivity contribution in [3.05, 3.63) is 60.2 Å². The van der Waals surface area contributed by atoms with E-state index in [-0.39, 0.29) is 0 Å². The molecule has 2 aromatic carbocycles. The van der Waals surface area contributed by atoms with Crippen LogP contribution < -0.4 is 9.80 Å². The van der Waals surface area contributed by atoms with Gasteiger partial charge in [-0.3, -0.25) is 0 Å². The average Bonchev–Trinajstić information content (AvgIpc) is 3.27. The van der Waals surface area contributed by atoms with Gasteiger partial charge in [0.2, 0.25) is 0 Å². The number of benzene rings is 2. The Kier molecular flexibility index (Phi) is 4.11. The average molecular weight is 335 g/mol. The maximum atomic E-state index is 2.51. The molecule has 2 aliphatic carbocycles. The van der Waals surface area contributed by atoms with Crippen LogP contribution in [-0.4, -0.2) is 32.7 Å². The van der Waals surface area contributed by atoms with Gasteiger partial charge in [-0.15, -0.1) is 0 Å². The summed E-state index contributed by atoms with van der Waals surface area (Å²) in [4.78, 5) is 3.64. The summed E-state index contributed by atoms with van der Waals surface area (Å²) in [5, 5.41) is 2.83. The van der Waals surface area contributed by atoms with Crippen LogP contribution in [0.3, 0.4) is 0 Å². The van der Waals surface area contributed by atoms with Crippen LogP contribution >= 0.6 is 0 Å². The molecule has 2 aromatic rings. The number of hydrogen-bond donors (Lipinski definition) is 2. The molecule has 2 heteroatoms. The molecule has 0 aromatic heterocycles. The minimum atomic E-state index is 0.915. The Labute approximate surface area is 151 Å². The predicted octanol–water partition coefficient (Wildman–Crippen LogP) is 1.34. The summed E-state index contributed by atoms with van der Waals surface area (Å²) in [7, 11) is 0. The molecule has 1 heterocycles. The summed E-state index contributed by atoms with van der Waals surface area (Å²) in [6.07, 6.45) is 7.91. The number of rotatable bonds is 4. The Morgan fingerprint density at radius 3 is 2.40 bits per heavy atom. The molecule has 1 aliphatic heterocycles. The second-order valence-corrected chi connectivity index (χ2v) is 8.56. The van der Waals surface area contributed by atoms with Crippen LogP contribution in [0.1, 0.15) is 18.4 Å². The van der Waals surface area contributed by atoms with Crippen LogP contribution in [0, 0.1) is 17.8 Å². The monoisotopic (exact) mass is 334 g/mol. The lowest BCUT2D eigenvalue weighted by molar-refractivity contribution is -1.02. The Hall–Kier alpha value is -1.64. The molecule has 2 N–H and O–H groups in total. The highest BCUT2D eigenvalue weighted by Gasteiger charge is 2.38. The first kappa shape index (κ1) is 15.6.